The van der Waals surface area contributed by atoms with E-state index >= 15 is 0 Å². The SMILES string of the molecule is COc1ccc2c(c1)nc(N)n1nc([C@@H]3CCCN(c4cnn(C5CC(C)(O)C5)c4)C3)nc21. The lowest BCUT2D eigenvalue weighted by Crippen LogP contribution is -2.42. The predicted molar refractivity (Wildman–Crippen MR) is 125 cm³/mol. The first-order chi connectivity index (χ1) is 15.9. The Labute approximate surface area is 191 Å². The first kappa shape index (κ1) is 20.2. The quantitative estimate of drug-likeness (QED) is 0.489. The third kappa shape index (κ3) is 3.45. The average Bonchev–Trinajstić information content (AvgIpc) is 3.45. The van der Waals surface area contributed by atoms with Crippen molar-refractivity contribution in [1.82, 2.24) is 29.4 Å². The van der Waals surface area contributed by atoms with Crippen LogP contribution in [0.5, 0.6) is 5.75 Å². The number of piperidine rings is 1. The Morgan fingerprint density at radius 2 is 2.09 bits per heavy atom. The number of aliphatic hydroxyl groups is 1. The zero-order valence-electron chi connectivity index (χ0n) is 18.8. The molecule has 0 bridgehead atoms. The van der Waals surface area contributed by atoms with E-state index in [1.165, 1.54) is 0 Å². The van der Waals surface area contributed by atoms with E-state index in [0.29, 0.717) is 5.95 Å². The van der Waals surface area contributed by atoms with E-state index in [1.54, 1.807) is 11.6 Å². The maximum atomic E-state index is 10.0. The second-order valence-corrected chi connectivity index (χ2v) is 9.58. The van der Waals surface area contributed by atoms with Gasteiger partial charge in [-0.3, -0.25) is 4.68 Å². The summed E-state index contributed by atoms with van der Waals surface area (Å²) in [7, 11) is 1.63. The van der Waals surface area contributed by atoms with Crippen LogP contribution in [-0.4, -0.2) is 60.3 Å². The van der Waals surface area contributed by atoms with Gasteiger partial charge in [0.15, 0.2) is 11.5 Å². The number of hydrogen-bond donors (Lipinski definition) is 2. The van der Waals surface area contributed by atoms with Gasteiger partial charge in [0.05, 0.1) is 36.2 Å². The van der Waals surface area contributed by atoms with Crippen LogP contribution in [0.15, 0.2) is 30.6 Å². The number of nitrogens with two attached hydrogens (primary N) is 1. The molecule has 2 fully saturated rings. The summed E-state index contributed by atoms with van der Waals surface area (Å²) in [5.74, 6) is 2.03. The topological polar surface area (TPSA) is 120 Å². The summed E-state index contributed by atoms with van der Waals surface area (Å²) in [6.45, 7) is 3.68. The highest BCUT2D eigenvalue weighted by Crippen LogP contribution is 2.41. The van der Waals surface area contributed by atoms with Crippen molar-refractivity contribution in [3.05, 3.63) is 36.4 Å². The Bertz CT molecular complexity index is 1340. The number of aromatic nitrogens is 6. The summed E-state index contributed by atoms with van der Waals surface area (Å²) >= 11 is 0. The minimum atomic E-state index is -0.562. The van der Waals surface area contributed by atoms with Crippen LogP contribution in [0.2, 0.25) is 0 Å². The second kappa shape index (κ2) is 7.31. The Morgan fingerprint density at radius 3 is 2.88 bits per heavy atom. The first-order valence-corrected chi connectivity index (χ1v) is 11.4. The van der Waals surface area contributed by atoms with Crippen LogP contribution in [0.4, 0.5) is 11.6 Å². The van der Waals surface area contributed by atoms with Gasteiger partial charge in [-0.1, -0.05) is 0 Å². The standard InChI is InChI=1S/C23H28N8O2/c1-23(32)9-15(10-23)30-13-16(11-25-30)29-7-3-4-14(12-29)20-27-21-18-6-5-17(33-2)8-19(18)26-22(24)31(21)28-20/h5-6,8,11,13-15,32H,3-4,7,9-10,12H2,1-2H3,(H2,24,26)/t14-,15?,23?/m1/s1. The minimum Gasteiger partial charge on any atom is -0.497 e. The van der Waals surface area contributed by atoms with Crippen LogP contribution in [-0.2, 0) is 0 Å². The van der Waals surface area contributed by atoms with E-state index in [0.717, 1.165) is 72.6 Å². The van der Waals surface area contributed by atoms with Crippen LogP contribution < -0.4 is 15.4 Å². The minimum absolute atomic E-state index is 0.194. The van der Waals surface area contributed by atoms with Crippen LogP contribution in [0.1, 0.15) is 50.4 Å². The molecule has 1 aromatic carbocycles. The van der Waals surface area contributed by atoms with Crippen LogP contribution in [0.3, 0.4) is 0 Å². The van der Waals surface area contributed by atoms with E-state index in [4.69, 9.17) is 20.6 Å². The second-order valence-electron chi connectivity index (χ2n) is 9.58. The molecular formula is C23H28N8O2. The highest BCUT2D eigenvalue weighted by atomic mass is 16.5. The lowest BCUT2D eigenvalue weighted by molar-refractivity contribution is -0.0543. The van der Waals surface area contributed by atoms with Gasteiger partial charge in [-0.25, -0.2) is 9.97 Å². The number of rotatable bonds is 4. The van der Waals surface area contributed by atoms with Gasteiger partial charge in [0.2, 0.25) is 5.95 Å². The molecule has 0 unspecified atom stereocenters. The Hall–Kier alpha value is -3.40. The molecule has 6 rings (SSSR count). The highest BCUT2D eigenvalue weighted by molar-refractivity contribution is 5.93. The molecule has 2 aliphatic rings. The fourth-order valence-electron chi connectivity index (χ4n) is 5.18. The smallest absolute Gasteiger partial charge is 0.223 e. The number of nitrogens with zero attached hydrogens (tertiary/aromatic N) is 7. The van der Waals surface area contributed by atoms with Gasteiger partial charge >= 0.3 is 0 Å². The summed E-state index contributed by atoms with van der Waals surface area (Å²) in [6.07, 6.45) is 7.59. The molecule has 4 aromatic rings. The molecule has 1 saturated carbocycles. The van der Waals surface area contributed by atoms with E-state index < -0.39 is 5.60 Å². The average molecular weight is 449 g/mol. The molecule has 0 amide bonds. The Kier molecular flexibility index (Phi) is 4.48. The van der Waals surface area contributed by atoms with Gasteiger partial charge in [-0.2, -0.15) is 9.61 Å². The van der Waals surface area contributed by atoms with Gasteiger partial charge < -0.3 is 20.5 Å². The number of ether oxygens (including phenoxy) is 1. The number of nitrogen functional groups attached to an aromatic ring is 1. The summed E-state index contributed by atoms with van der Waals surface area (Å²) in [5, 5.41) is 20.2. The van der Waals surface area contributed by atoms with Crippen molar-refractivity contribution in [1.29, 1.82) is 0 Å². The molecule has 0 radical (unpaired) electrons. The third-order valence-corrected chi connectivity index (χ3v) is 6.99. The summed E-state index contributed by atoms with van der Waals surface area (Å²) in [5.41, 5.74) is 8.22. The van der Waals surface area contributed by atoms with Crippen molar-refractivity contribution < 1.29 is 9.84 Å². The molecule has 1 aliphatic carbocycles. The predicted octanol–water partition coefficient (Wildman–Crippen LogP) is 2.53. The van der Waals surface area contributed by atoms with Crippen molar-refractivity contribution in [3.63, 3.8) is 0 Å². The van der Waals surface area contributed by atoms with Gasteiger partial charge in [0.1, 0.15) is 5.75 Å². The van der Waals surface area contributed by atoms with E-state index in [-0.39, 0.29) is 12.0 Å². The first-order valence-electron chi connectivity index (χ1n) is 11.4. The maximum Gasteiger partial charge on any atom is 0.223 e. The van der Waals surface area contributed by atoms with Crippen molar-refractivity contribution in [2.24, 2.45) is 0 Å². The fourth-order valence-corrected chi connectivity index (χ4v) is 5.18. The Balaban J connectivity index is 1.27. The zero-order valence-corrected chi connectivity index (χ0v) is 18.8. The van der Waals surface area contributed by atoms with Crippen molar-refractivity contribution >= 4 is 28.2 Å². The van der Waals surface area contributed by atoms with Gasteiger partial charge in [0, 0.05) is 36.7 Å². The van der Waals surface area contributed by atoms with Gasteiger partial charge in [0.25, 0.3) is 0 Å². The molecule has 10 nitrogen and oxygen atoms in total. The van der Waals surface area contributed by atoms with Crippen molar-refractivity contribution in [2.75, 3.05) is 30.8 Å². The molecule has 33 heavy (non-hydrogen) atoms. The highest BCUT2D eigenvalue weighted by Gasteiger charge is 2.40. The maximum absolute atomic E-state index is 10.0. The molecule has 3 aromatic heterocycles. The number of hydrogen-bond acceptors (Lipinski definition) is 8. The molecule has 0 spiro atoms. The summed E-state index contributed by atoms with van der Waals surface area (Å²) < 4.78 is 8.95. The molecule has 4 heterocycles. The zero-order chi connectivity index (χ0) is 22.7. The molecular weight excluding hydrogens is 420 g/mol. The molecule has 1 atom stereocenters. The number of benzene rings is 1. The van der Waals surface area contributed by atoms with Crippen LogP contribution in [0.25, 0.3) is 16.6 Å². The van der Waals surface area contributed by atoms with Crippen LogP contribution in [0, 0.1) is 0 Å². The van der Waals surface area contributed by atoms with Gasteiger partial charge in [-0.05, 0) is 44.7 Å². The molecule has 172 valence electrons. The Morgan fingerprint density at radius 1 is 1.24 bits per heavy atom. The van der Waals surface area contributed by atoms with Crippen molar-refractivity contribution in [2.45, 2.75) is 50.2 Å². The van der Waals surface area contributed by atoms with Crippen molar-refractivity contribution in [3.8, 4) is 5.75 Å². The number of anilines is 2. The molecule has 1 aliphatic heterocycles. The fraction of sp³-hybridized carbons (Fsp3) is 0.478. The lowest BCUT2D eigenvalue weighted by Gasteiger charge is -2.40. The monoisotopic (exact) mass is 448 g/mol. The number of fused-ring (bicyclic) bond motifs is 3. The van der Waals surface area contributed by atoms with E-state index in [9.17, 15) is 5.11 Å². The molecule has 3 N–H and O–H groups in total. The van der Waals surface area contributed by atoms with Gasteiger partial charge in [-0.15, -0.1) is 5.10 Å². The van der Waals surface area contributed by atoms with E-state index in [2.05, 4.69) is 21.2 Å². The lowest BCUT2D eigenvalue weighted by atomic mass is 9.77. The van der Waals surface area contributed by atoms with E-state index in [1.807, 2.05) is 36.0 Å². The third-order valence-electron chi connectivity index (χ3n) is 6.99. The normalized spacial score (nSPS) is 25.5. The summed E-state index contributed by atoms with van der Waals surface area (Å²) in [6, 6.07) is 5.99. The molecule has 1 saturated heterocycles. The summed E-state index contributed by atoms with van der Waals surface area (Å²) in [4.78, 5) is 11.7. The van der Waals surface area contributed by atoms with Crippen LogP contribution >= 0.6 is 0 Å². The molecule has 10 heteroatoms. The largest absolute Gasteiger partial charge is 0.497 e. The number of methoxy groups -OCH3 is 1.